The van der Waals surface area contributed by atoms with Gasteiger partial charge in [-0.3, -0.25) is 0 Å². The molecule has 108 valence electrons. The normalized spacial score (nSPS) is 20.4. The van der Waals surface area contributed by atoms with Gasteiger partial charge < -0.3 is 10.1 Å². The Morgan fingerprint density at radius 1 is 1.37 bits per heavy atom. The molecule has 0 radical (unpaired) electrons. The van der Waals surface area contributed by atoms with Gasteiger partial charge in [0.25, 0.3) is 0 Å². The number of hydrogen-bond donors (Lipinski definition) is 1. The van der Waals surface area contributed by atoms with Crippen LogP contribution in [0.1, 0.15) is 56.9 Å². The third-order valence-corrected chi connectivity index (χ3v) is 5.91. The van der Waals surface area contributed by atoms with Gasteiger partial charge in [-0.25, -0.2) is 0 Å². The van der Waals surface area contributed by atoms with Gasteiger partial charge in [-0.1, -0.05) is 26.2 Å². The molecule has 4 heteroatoms. The number of likely N-dealkylation sites (N-methyl/N-ethyl adjacent to an activating group) is 1. The van der Waals surface area contributed by atoms with Crippen molar-refractivity contribution in [2.45, 2.75) is 57.6 Å². The van der Waals surface area contributed by atoms with E-state index in [1.54, 1.807) is 0 Å². The van der Waals surface area contributed by atoms with Crippen molar-refractivity contribution in [1.82, 2.24) is 5.32 Å². The number of thiophene rings is 1. The van der Waals surface area contributed by atoms with Crippen molar-refractivity contribution in [3.8, 4) is 0 Å². The number of hydrogen-bond acceptors (Lipinski definition) is 3. The van der Waals surface area contributed by atoms with E-state index in [9.17, 15) is 0 Å². The first-order chi connectivity index (χ1) is 9.23. The fourth-order valence-corrected chi connectivity index (χ4v) is 4.97. The predicted octanol–water partition coefficient (Wildman–Crippen LogP) is 4.90. The summed E-state index contributed by atoms with van der Waals surface area (Å²) in [6.07, 6.45) is 6.25. The van der Waals surface area contributed by atoms with Gasteiger partial charge in [-0.15, -0.1) is 11.3 Å². The third kappa shape index (κ3) is 3.41. The van der Waals surface area contributed by atoms with Gasteiger partial charge >= 0.3 is 0 Å². The second-order valence-electron chi connectivity index (χ2n) is 5.18. The molecule has 1 N–H and O–H groups in total. The predicted molar refractivity (Wildman–Crippen MR) is 85.9 cm³/mol. The van der Waals surface area contributed by atoms with Crippen LogP contribution in [0.3, 0.4) is 0 Å². The Morgan fingerprint density at radius 2 is 2.11 bits per heavy atom. The van der Waals surface area contributed by atoms with E-state index >= 15 is 0 Å². The van der Waals surface area contributed by atoms with E-state index in [0.717, 1.165) is 13.2 Å². The molecule has 1 unspecified atom stereocenters. The van der Waals surface area contributed by atoms with Crippen LogP contribution in [0.25, 0.3) is 0 Å². The molecule has 0 spiro atoms. The van der Waals surface area contributed by atoms with Gasteiger partial charge in [-0.05, 0) is 53.7 Å². The first-order valence-electron chi connectivity index (χ1n) is 7.33. The molecule has 0 aromatic carbocycles. The van der Waals surface area contributed by atoms with Crippen LogP contribution in [0.2, 0.25) is 0 Å². The molecule has 2 nitrogen and oxygen atoms in total. The standard InChI is InChI=1S/C15H24BrNOS/c1-3-17-14(13-12(16)8-11-19-13)15(18-4-2)9-6-5-7-10-15/h8,11,14,17H,3-7,9-10H2,1-2H3. The van der Waals surface area contributed by atoms with Crippen LogP contribution >= 0.6 is 27.3 Å². The lowest BCUT2D eigenvalue weighted by Crippen LogP contribution is -2.47. The van der Waals surface area contributed by atoms with Crippen LogP contribution < -0.4 is 5.32 Å². The van der Waals surface area contributed by atoms with E-state index in [2.05, 4.69) is 46.5 Å². The lowest BCUT2D eigenvalue weighted by Gasteiger charge is -2.43. The maximum absolute atomic E-state index is 6.29. The van der Waals surface area contributed by atoms with Crippen LogP contribution in [0.4, 0.5) is 0 Å². The summed E-state index contributed by atoms with van der Waals surface area (Å²) >= 11 is 5.52. The van der Waals surface area contributed by atoms with E-state index in [1.807, 2.05) is 11.3 Å². The van der Waals surface area contributed by atoms with Gasteiger partial charge in [-0.2, -0.15) is 0 Å². The molecule has 0 saturated heterocycles. The SMILES string of the molecule is CCNC(c1sccc1Br)C1(OCC)CCCCC1. The second kappa shape index (κ2) is 7.21. The summed E-state index contributed by atoms with van der Waals surface area (Å²) in [7, 11) is 0. The zero-order valence-corrected chi connectivity index (χ0v) is 14.3. The molecular weight excluding hydrogens is 322 g/mol. The maximum atomic E-state index is 6.29. The quantitative estimate of drug-likeness (QED) is 0.791. The Hall–Kier alpha value is 0.1000. The topological polar surface area (TPSA) is 21.3 Å². The Kier molecular flexibility index (Phi) is 5.87. The summed E-state index contributed by atoms with van der Waals surface area (Å²) in [6, 6.07) is 2.46. The molecule has 1 saturated carbocycles. The Morgan fingerprint density at radius 3 is 2.63 bits per heavy atom. The van der Waals surface area contributed by atoms with Gasteiger partial charge in [0.2, 0.25) is 0 Å². The minimum absolute atomic E-state index is 0.0175. The highest BCUT2D eigenvalue weighted by atomic mass is 79.9. The monoisotopic (exact) mass is 345 g/mol. The summed E-state index contributed by atoms with van der Waals surface area (Å²) in [5.41, 5.74) is -0.0175. The average molecular weight is 346 g/mol. The van der Waals surface area contributed by atoms with Crippen LogP contribution in [0.5, 0.6) is 0 Å². The Balaban J connectivity index is 2.31. The minimum Gasteiger partial charge on any atom is -0.373 e. The van der Waals surface area contributed by atoms with Gasteiger partial charge in [0.15, 0.2) is 0 Å². The van der Waals surface area contributed by atoms with Crippen molar-refractivity contribution >= 4 is 27.3 Å². The van der Waals surface area contributed by atoms with Crippen LogP contribution in [0, 0.1) is 0 Å². The molecule has 19 heavy (non-hydrogen) atoms. The van der Waals surface area contributed by atoms with Crippen molar-refractivity contribution < 1.29 is 4.74 Å². The van der Waals surface area contributed by atoms with Crippen molar-refractivity contribution in [2.75, 3.05) is 13.2 Å². The van der Waals surface area contributed by atoms with Crippen molar-refractivity contribution in [3.63, 3.8) is 0 Å². The Labute approximate surface area is 129 Å². The fraction of sp³-hybridized carbons (Fsp3) is 0.733. The van der Waals surface area contributed by atoms with Crippen molar-refractivity contribution in [3.05, 3.63) is 20.8 Å². The highest BCUT2D eigenvalue weighted by Gasteiger charge is 2.42. The minimum atomic E-state index is -0.0175. The summed E-state index contributed by atoms with van der Waals surface area (Å²) in [4.78, 5) is 1.39. The summed E-state index contributed by atoms with van der Waals surface area (Å²) in [5.74, 6) is 0. The molecule has 1 aliphatic carbocycles. The smallest absolute Gasteiger partial charge is 0.0884 e. The van der Waals surface area contributed by atoms with E-state index in [1.165, 1.54) is 41.5 Å². The molecule has 0 aliphatic heterocycles. The third-order valence-electron chi connectivity index (χ3n) is 3.97. The first kappa shape index (κ1) is 15.5. The Bertz CT molecular complexity index is 382. The molecule has 1 aliphatic rings. The lowest BCUT2D eigenvalue weighted by atomic mass is 9.78. The number of halogens is 1. The number of nitrogens with one attached hydrogen (secondary N) is 1. The highest BCUT2D eigenvalue weighted by Crippen LogP contribution is 2.44. The van der Waals surface area contributed by atoms with Gasteiger partial charge in [0.1, 0.15) is 0 Å². The van der Waals surface area contributed by atoms with Crippen LogP contribution in [-0.2, 0) is 4.74 Å². The zero-order chi connectivity index (χ0) is 13.7. The van der Waals surface area contributed by atoms with E-state index in [4.69, 9.17) is 4.74 Å². The van der Waals surface area contributed by atoms with E-state index < -0.39 is 0 Å². The summed E-state index contributed by atoms with van der Waals surface area (Å²) in [5, 5.41) is 5.84. The number of rotatable bonds is 6. The largest absolute Gasteiger partial charge is 0.373 e. The second-order valence-corrected chi connectivity index (χ2v) is 6.98. The first-order valence-corrected chi connectivity index (χ1v) is 9.01. The van der Waals surface area contributed by atoms with E-state index in [-0.39, 0.29) is 5.60 Å². The van der Waals surface area contributed by atoms with Gasteiger partial charge in [0, 0.05) is 16.0 Å². The molecule has 1 aromatic heterocycles. The molecule has 1 heterocycles. The van der Waals surface area contributed by atoms with Crippen LogP contribution in [0.15, 0.2) is 15.9 Å². The molecule has 1 fully saturated rings. The van der Waals surface area contributed by atoms with Crippen molar-refractivity contribution in [2.24, 2.45) is 0 Å². The summed E-state index contributed by atoms with van der Waals surface area (Å²) < 4.78 is 7.50. The van der Waals surface area contributed by atoms with Crippen molar-refractivity contribution in [1.29, 1.82) is 0 Å². The molecule has 2 rings (SSSR count). The molecular formula is C15H24BrNOS. The molecule has 0 amide bonds. The zero-order valence-electron chi connectivity index (χ0n) is 11.9. The average Bonchev–Trinajstić information content (AvgIpc) is 2.83. The highest BCUT2D eigenvalue weighted by molar-refractivity contribution is 9.10. The van der Waals surface area contributed by atoms with Crippen LogP contribution in [-0.4, -0.2) is 18.8 Å². The summed E-state index contributed by atoms with van der Waals surface area (Å²) in [6.45, 7) is 6.06. The lowest BCUT2D eigenvalue weighted by molar-refractivity contribution is -0.0903. The molecule has 1 atom stereocenters. The molecule has 0 bridgehead atoms. The maximum Gasteiger partial charge on any atom is 0.0884 e. The van der Waals surface area contributed by atoms with Gasteiger partial charge in [0.05, 0.1) is 11.6 Å². The molecule has 1 aromatic rings. The number of ether oxygens (including phenoxy) is 1. The fourth-order valence-electron chi connectivity index (χ4n) is 3.19. The van der Waals surface area contributed by atoms with E-state index in [0.29, 0.717) is 6.04 Å².